The Hall–Kier alpha value is -2.72. The number of aromatic nitrogens is 1. The predicted octanol–water partition coefficient (Wildman–Crippen LogP) is 4.43. The maximum Gasteiger partial charge on any atom is 0.306 e. The largest absolute Gasteiger partial charge is 0.481 e. The van der Waals surface area contributed by atoms with Crippen molar-refractivity contribution in [3.8, 4) is 0 Å². The van der Waals surface area contributed by atoms with Gasteiger partial charge in [0.05, 0.1) is 23.2 Å². The molecule has 2 aromatic carbocycles. The van der Waals surface area contributed by atoms with Gasteiger partial charge in [-0.15, -0.1) is 0 Å². The first-order valence-electron chi connectivity index (χ1n) is 9.51. The molecule has 1 saturated heterocycles. The molecule has 1 aromatic heterocycles. The third-order valence-corrected chi connectivity index (χ3v) is 5.50. The number of pyridine rings is 1. The van der Waals surface area contributed by atoms with E-state index < -0.39 is 5.97 Å². The van der Waals surface area contributed by atoms with E-state index in [9.17, 15) is 9.90 Å². The summed E-state index contributed by atoms with van der Waals surface area (Å²) in [6, 6.07) is 21.0. The second kappa shape index (κ2) is 7.49. The second-order valence-corrected chi connectivity index (χ2v) is 7.39. The van der Waals surface area contributed by atoms with Crippen molar-refractivity contribution >= 4 is 16.9 Å². The van der Waals surface area contributed by atoms with Crippen LogP contribution < -0.4 is 0 Å². The molecule has 4 rings (SSSR count). The van der Waals surface area contributed by atoms with E-state index in [0.29, 0.717) is 12.8 Å². The van der Waals surface area contributed by atoms with Gasteiger partial charge in [-0.3, -0.25) is 14.7 Å². The summed E-state index contributed by atoms with van der Waals surface area (Å²) >= 11 is 0. The number of para-hydroxylation sites is 1. The fourth-order valence-electron chi connectivity index (χ4n) is 4.05. The summed E-state index contributed by atoms with van der Waals surface area (Å²) in [7, 11) is 0. The first-order chi connectivity index (χ1) is 13.1. The van der Waals surface area contributed by atoms with Crippen LogP contribution in [-0.4, -0.2) is 34.0 Å². The van der Waals surface area contributed by atoms with Crippen molar-refractivity contribution < 1.29 is 9.90 Å². The van der Waals surface area contributed by atoms with Gasteiger partial charge in [-0.1, -0.05) is 54.1 Å². The van der Waals surface area contributed by atoms with Gasteiger partial charge in [0, 0.05) is 5.39 Å². The molecule has 2 heterocycles. The standard InChI is InChI=1S/C23H24N2O2/c1-16-5-4-7-19(15-16)22(25-13-11-18(12-14-25)23(26)27)21-10-9-17-6-2-3-8-20(17)24-21/h2-10,15,18,22H,11-14H2,1H3,(H,26,27). The smallest absolute Gasteiger partial charge is 0.306 e. The average molecular weight is 360 g/mol. The van der Waals surface area contributed by atoms with Gasteiger partial charge < -0.3 is 5.11 Å². The van der Waals surface area contributed by atoms with Crippen LogP contribution in [0.1, 0.15) is 35.7 Å². The summed E-state index contributed by atoms with van der Waals surface area (Å²) in [5.74, 6) is -0.908. The lowest BCUT2D eigenvalue weighted by Gasteiger charge is -2.36. The fourth-order valence-corrected chi connectivity index (χ4v) is 4.05. The first-order valence-corrected chi connectivity index (χ1v) is 9.51. The molecule has 1 unspecified atom stereocenters. The van der Waals surface area contributed by atoms with E-state index in [1.807, 2.05) is 18.2 Å². The van der Waals surface area contributed by atoms with Crippen molar-refractivity contribution in [2.75, 3.05) is 13.1 Å². The number of rotatable bonds is 4. The van der Waals surface area contributed by atoms with Gasteiger partial charge in [-0.05, 0) is 50.6 Å². The molecular formula is C23H24N2O2. The number of aryl methyl sites for hydroxylation is 1. The maximum absolute atomic E-state index is 11.3. The molecular weight excluding hydrogens is 336 g/mol. The molecule has 0 saturated carbocycles. The summed E-state index contributed by atoms with van der Waals surface area (Å²) < 4.78 is 0. The molecule has 0 amide bonds. The van der Waals surface area contributed by atoms with E-state index >= 15 is 0 Å². The van der Waals surface area contributed by atoms with E-state index in [0.717, 1.165) is 29.7 Å². The average Bonchev–Trinajstić information content (AvgIpc) is 2.68. The lowest BCUT2D eigenvalue weighted by Crippen LogP contribution is -2.39. The van der Waals surface area contributed by atoms with Crippen molar-refractivity contribution in [2.45, 2.75) is 25.8 Å². The zero-order valence-electron chi connectivity index (χ0n) is 15.5. The third kappa shape index (κ3) is 3.71. The summed E-state index contributed by atoms with van der Waals surface area (Å²) in [5, 5.41) is 10.5. The molecule has 3 aromatic rings. The molecule has 0 aliphatic carbocycles. The summed E-state index contributed by atoms with van der Waals surface area (Å²) in [4.78, 5) is 18.7. The summed E-state index contributed by atoms with van der Waals surface area (Å²) in [6.45, 7) is 3.64. The number of aliphatic carboxylic acids is 1. The number of hydrogen-bond donors (Lipinski definition) is 1. The van der Waals surface area contributed by atoms with Gasteiger partial charge in [0.15, 0.2) is 0 Å². The van der Waals surface area contributed by atoms with Crippen LogP contribution in [0.2, 0.25) is 0 Å². The van der Waals surface area contributed by atoms with Crippen molar-refractivity contribution in [2.24, 2.45) is 5.92 Å². The van der Waals surface area contributed by atoms with Gasteiger partial charge in [-0.2, -0.15) is 0 Å². The molecule has 4 nitrogen and oxygen atoms in total. The maximum atomic E-state index is 11.3. The number of carboxylic acids is 1. The molecule has 1 aliphatic heterocycles. The zero-order chi connectivity index (χ0) is 18.8. The van der Waals surface area contributed by atoms with E-state index in [1.54, 1.807) is 0 Å². The van der Waals surface area contributed by atoms with E-state index in [-0.39, 0.29) is 12.0 Å². The highest BCUT2D eigenvalue weighted by Gasteiger charge is 2.30. The first kappa shape index (κ1) is 17.7. The topological polar surface area (TPSA) is 53.4 Å². The number of carboxylic acid groups (broad SMARTS) is 1. The molecule has 27 heavy (non-hydrogen) atoms. The molecule has 0 bridgehead atoms. The van der Waals surface area contributed by atoms with Gasteiger partial charge in [0.2, 0.25) is 0 Å². The van der Waals surface area contributed by atoms with Crippen molar-refractivity contribution in [3.63, 3.8) is 0 Å². The van der Waals surface area contributed by atoms with E-state index in [4.69, 9.17) is 4.98 Å². The van der Waals surface area contributed by atoms with Gasteiger partial charge in [-0.25, -0.2) is 0 Å². The molecule has 0 spiro atoms. The van der Waals surface area contributed by atoms with Crippen LogP contribution in [0.3, 0.4) is 0 Å². The molecule has 0 radical (unpaired) electrons. The highest BCUT2D eigenvalue weighted by atomic mass is 16.4. The Morgan fingerprint density at radius 3 is 2.59 bits per heavy atom. The minimum Gasteiger partial charge on any atom is -0.481 e. The highest BCUT2D eigenvalue weighted by Crippen LogP contribution is 2.32. The quantitative estimate of drug-likeness (QED) is 0.748. The lowest BCUT2D eigenvalue weighted by atomic mass is 9.92. The lowest BCUT2D eigenvalue weighted by molar-refractivity contribution is -0.143. The Bertz CT molecular complexity index is 961. The van der Waals surface area contributed by atoms with Crippen LogP contribution in [0, 0.1) is 12.8 Å². The van der Waals surface area contributed by atoms with Gasteiger partial charge in [0.25, 0.3) is 0 Å². The van der Waals surface area contributed by atoms with Crippen LogP contribution in [0.4, 0.5) is 0 Å². The molecule has 4 heteroatoms. The number of likely N-dealkylation sites (tertiary alicyclic amines) is 1. The molecule has 1 fully saturated rings. The van der Waals surface area contributed by atoms with Crippen LogP contribution in [0.5, 0.6) is 0 Å². The van der Waals surface area contributed by atoms with Crippen molar-refractivity contribution in [1.29, 1.82) is 0 Å². The molecule has 138 valence electrons. The Labute approximate surface area is 159 Å². The van der Waals surface area contributed by atoms with E-state index in [2.05, 4.69) is 54.3 Å². The normalized spacial score (nSPS) is 17.1. The number of hydrogen-bond acceptors (Lipinski definition) is 3. The van der Waals surface area contributed by atoms with Crippen LogP contribution in [-0.2, 0) is 4.79 Å². The van der Waals surface area contributed by atoms with Crippen LogP contribution in [0.15, 0.2) is 60.7 Å². The van der Waals surface area contributed by atoms with Gasteiger partial charge in [0.1, 0.15) is 0 Å². The summed E-state index contributed by atoms with van der Waals surface area (Å²) in [6.07, 6.45) is 1.37. The minimum absolute atomic E-state index is 0.0456. The SMILES string of the molecule is Cc1cccc(C(c2ccc3ccccc3n2)N2CCC(C(=O)O)CC2)c1. The second-order valence-electron chi connectivity index (χ2n) is 7.39. The molecule has 1 N–H and O–H groups in total. The number of piperidine rings is 1. The zero-order valence-corrected chi connectivity index (χ0v) is 15.5. The Balaban J connectivity index is 1.72. The number of carbonyl (C=O) groups is 1. The van der Waals surface area contributed by atoms with E-state index in [1.165, 1.54) is 11.1 Å². The monoisotopic (exact) mass is 360 g/mol. The number of nitrogens with zero attached hydrogens (tertiary/aromatic N) is 2. The summed E-state index contributed by atoms with van der Waals surface area (Å²) in [5.41, 5.74) is 4.45. The van der Waals surface area contributed by atoms with Crippen LogP contribution >= 0.6 is 0 Å². The highest BCUT2D eigenvalue weighted by molar-refractivity contribution is 5.78. The Morgan fingerprint density at radius 1 is 1.07 bits per heavy atom. The third-order valence-electron chi connectivity index (χ3n) is 5.50. The molecule has 1 aliphatic rings. The molecule has 1 atom stereocenters. The van der Waals surface area contributed by atoms with Crippen molar-refractivity contribution in [1.82, 2.24) is 9.88 Å². The fraction of sp³-hybridized carbons (Fsp3) is 0.304. The number of fused-ring (bicyclic) bond motifs is 1. The Morgan fingerprint density at radius 2 is 1.85 bits per heavy atom. The van der Waals surface area contributed by atoms with Crippen molar-refractivity contribution in [3.05, 3.63) is 77.5 Å². The van der Waals surface area contributed by atoms with Crippen LogP contribution in [0.25, 0.3) is 10.9 Å². The minimum atomic E-state index is -0.675. The predicted molar refractivity (Wildman–Crippen MR) is 107 cm³/mol. The number of benzene rings is 2. The Kier molecular flexibility index (Phi) is 4.90. The van der Waals surface area contributed by atoms with Gasteiger partial charge >= 0.3 is 5.97 Å².